The van der Waals surface area contributed by atoms with Crippen LogP contribution in [0.3, 0.4) is 0 Å². The summed E-state index contributed by atoms with van der Waals surface area (Å²) in [6, 6.07) is 4.17. The first-order valence-electron chi connectivity index (χ1n) is 10.3. The summed E-state index contributed by atoms with van der Waals surface area (Å²) >= 11 is 6.15. The fraction of sp³-hybridized carbons (Fsp3) is 0.364. The van der Waals surface area contributed by atoms with Gasteiger partial charge in [0.25, 0.3) is 0 Å². The van der Waals surface area contributed by atoms with Gasteiger partial charge in [0, 0.05) is 11.5 Å². The van der Waals surface area contributed by atoms with Crippen molar-refractivity contribution in [3.05, 3.63) is 73.8 Å². The van der Waals surface area contributed by atoms with Gasteiger partial charge >= 0.3 is 5.76 Å². The van der Waals surface area contributed by atoms with E-state index in [1.165, 1.54) is 32.2 Å². The van der Waals surface area contributed by atoms with Crippen molar-refractivity contribution in [2.45, 2.75) is 50.7 Å². The molecule has 0 radical (unpaired) electrons. The van der Waals surface area contributed by atoms with Crippen LogP contribution in [0.15, 0.2) is 38.4 Å². The summed E-state index contributed by atoms with van der Waals surface area (Å²) in [6.45, 7) is 6.52. The van der Waals surface area contributed by atoms with Crippen molar-refractivity contribution in [1.29, 1.82) is 0 Å². The van der Waals surface area contributed by atoms with Crippen molar-refractivity contribution in [2.75, 3.05) is 7.11 Å². The number of aryl methyl sites for hydroxylation is 1. The molecule has 184 valence electrons. The molecule has 3 unspecified atom stereocenters. The van der Waals surface area contributed by atoms with Crippen molar-refractivity contribution in [1.82, 2.24) is 14.9 Å². The molecule has 0 saturated heterocycles. The highest BCUT2D eigenvalue weighted by molar-refractivity contribution is 7.89. The largest absolute Gasteiger partial charge is 0.495 e. The van der Waals surface area contributed by atoms with E-state index in [-0.39, 0.29) is 32.7 Å². The molecule has 3 N–H and O–H groups in total. The Hall–Kier alpha value is -2.73. The van der Waals surface area contributed by atoms with Gasteiger partial charge in [0.2, 0.25) is 15.9 Å². The topological polar surface area (TPSA) is 135 Å². The molecule has 0 aliphatic heterocycles. The zero-order valence-electron chi connectivity index (χ0n) is 19.1. The number of aromatic amines is 1. The van der Waals surface area contributed by atoms with E-state index in [0.717, 1.165) is 5.56 Å². The molecule has 3 atom stereocenters. The minimum atomic E-state index is -4.39. The number of halogens is 2. The average Bonchev–Trinajstić information content (AvgIpc) is 3.20. The van der Waals surface area contributed by atoms with Crippen molar-refractivity contribution in [3.8, 4) is 5.75 Å². The minimum Gasteiger partial charge on any atom is -0.495 e. The van der Waals surface area contributed by atoms with Gasteiger partial charge in [0.1, 0.15) is 22.5 Å². The third-order valence-electron chi connectivity index (χ3n) is 5.71. The van der Waals surface area contributed by atoms with Gasteiger partial charge in [-0.2, -0.15) is 4.72 Å². The molecule has 3 rings (SSSR count). The Balaban J connectivity index is 2.17. The van der Waals surface area contributed by atoms with E-state index in [4.69, 9.17) is 20.8 Å². The van der Waals surface area contributed by atoms with Crippen LogP contribution < -0.4 is 15.2 Å². The van der Waals surface area contributed by atoms with Crippen LogP contribution in [0.1, 0.15) is 60.1 Å². The smallest absolute Gasteiger partial charge is 0.434 e. The lowest BCUT2D eigenvalue weighted by atomic mass is 9.88. The first-order chi connectivity index (χ1) is 15.9. The van der Waals surface area contributed by atoms with Crippen molar-refractivity contribution in [3.63, 3.8) is 0 Å². The highest BCUT2D eigenvalue weighted by Gasteiger charge is 2.35. The molecular weight excluding hydrogens is 489 g/mol. The Kier molecular flexibility index (Phi) is 7.51. The highest BCUT2D eigenvalue weighted by Crippen LogP contribution is 2.39. The van der Waals surface area contributed by atoms with E-state index >= 15 is 0 Å². The fourth-order valence-electron chi connectivity index (χ4n) is 3.87. The predicted octanol–water partition coefficient (Wildman–Crippen LogP) is 3.66. The highest BCUT2D eigenvalue weighted by atomic mass is 35.5. The number of aliphatic hydroxyl groups excluding tert-OH is 1. The van der Waals surface area contributed by atoms with Crippen LogP contribution >= 0.6 is 11.6 Å². The lowest BCUT2D eigenvalue weighted by Crippen LogP contribution is -2.33. The van der Waals surface area contributed by atoms with Gasteiger partial charge in [-0.05, 0) is 55.7 Å². The summed E-state index contributed by atoms with van der Waals surface area (Å²) in [4.78, 5) is 11.3. The van der Waals surface area contributed by atoms with E-state index in [0.29, 0.717) is 5.56 Å². The summed E-state index contributed by atoms with van der Waals surface area (Å²) < 4.78 is 54.6. The summed E-state index contributed by atoms with van der Waals surface area (Å²) in [6.07, 6.45) is -1.12. The lowest BCUT2D eigenvalue weighted by Gasteiger charge is -2.25. The summed E-state index contributed by atoms with van der Waals surface area (Å²) in [5, 5.41) is 16.1. The maximum atomic E-state index is 14.9. The Morgan fingerprint density at radius 1 is 1.21 bits per heavy atom. The molecule has 0 fully saturated rings. The average molecular weight is 514 g/mol. The number of aromatic nitrogens is 2. The van der Waals surface area contributed by atoms with Gasteiger partial charge in [-0.25, -0.2) is 22.7 Å². The first-order valence-corrected chi connectivity index (χ1v) is 12.1. The normalized spacial score (nSPS) is 14.6. The monoisotopic (exact) mass is 513 g/mol. The number of hydrogen-bond donors (Lipinski definition) is 3. The number of H-pyrrole nitrogens is 1. The molecule has 0 saturated carbocycles. The Morgan fingerprint density at radius 2 is 1.88 bits per heavy atom. The molecule has 1 aromatic heterocycles. The number of methoxy groups -OCH3 is 1. The SMILES string of the molecule is COc1c(S(=O)(=O)NC(c2n[nH]c(=O)o2)C(C)c2c(F)ccc(C)c2C)ccc(Cl)c1C(C)O. The lowest BCUT2D eigenvalue weighted by molar-refractivity contribution is 0.193. The number of nitrogens with zero attached hydrogens (tertiary/aromatic N) is 1. The van der Waals surface area contributed by atoms with Crippen LogP contribution in [0, 0.1) is 19.7 Å². The molecule has 0 aliphatic rings. The standard InChI is InChI=1S/C22H25ClFN3O6S/c1-10-6-8-15(24)17(11(10)2)12(3)19(21-25-26-22(29)33-21)27-34(30,31)16-9-7-14(23)18(13(4)28)20(16)32-5/h6-9,12-13,19,27-28H,1-5H3,(H,26,29). The number of sulfonamides is 1. The molecular formula is C22H25ClFN3O6S. The van der Waals surface area contributed by atoms with Crippen LogP contribution in [0.25, 0.3) is 0 Å². The number of hydrogen-bond acceptors (Lipinski definition) is 7. The van der Waals surface area contributed by atoms with Crippen LogP contribution in [0.5, 0.6) is 5.75 Å². The second-order valence-electron chi connectivity index (χ2n) is 7.91. The maximum Gasteiger partial charge on any atom is 0.434 e. The van der Waals surface area contributed by atoms with Crippen molar-refractivity contribution >= 4 is 21.6 Å². The van der Waals surface area contributed by atoms with Gasteiger partial charge in [0.05, 0.1) is 18.2 Å². The molecule has 3 aromatic rings. The van der Waals surface area contributed by atoms with E-state index in [9.17, 15) is 22.7 Å². The van der Waals surface area contributed by atoms with Crippen molar-refractivity contribution < 1.29 is 27.1 Å². The predicted molar refractivity (Wildman–Crippen MR) is 123 cm³/mol. The Bertz CT molecular complexity index is 1370. The summed E-state index contributed by atoms with van der Waals surface area (Å²) in [7, 11) is -3.14. The third-order valence-corrected chi connectivity index (χ3v) is 7.50. The molecule has 0 aliphatic carbocycles. The van der Waals surface area contributed by atoms with Crippen LogP contribution in [-0.2, 0) is 10.0 Å². The van der Waals surface area contributed by atoms with E-state index in [2.05, 4.69) is 14.9 Å². The molecule has 2 aromatic carbocycles. The Labute approximate surface area is 201 Å². The molecule has 0 bridgehead atoms. The van der Waals surface area contributed by atoms with E-state index in [1.54, 1.807) is 26.8 Å². The van der Waals surface area contributed by atoms with Crippen LogP contribution in [0.4, 0.5) is 4.39 Å². The molecule has 34 heavy (non-hydrogen) atoms. The number of benzene rings is 2. The minimum absolute atomic E-state index is 0.0866. The third kappa shape index (κ3) is 4.88. The summed E-state index contributed by atoms with van der Waals surface area (Å²) in [5.41, 5.74) is 1.75. The fourth-order valence-corrected chi connectivity index (χ4v) is 5.63. The zero-order chi connectivity index (χ0) is 25.4. The van der Waals surface area contributed by atoms with Gasteiger partial charge < -0.3 is 14.3 Å². The van der Waals surface area contributed by atoms with Gasteiger partial charge in [-0.15, -0.1) is 5.10 Å². The van der Waals surface area contributed by atoms with Gasteiger partial charge in [-0.3, -0.25) is 0 Å². The Morgan fingerprint density at radius 3 is 2.44 bits per heavy atom. The quantitative estimate of drug-likeness (QED) is 0.418. The van der Waals surface area contributed by atoms with Crippen LogP contribution in [0.2, 0.25) is 5.02 Å². The molecule has 1 heterocycles. The zero-order valence-corrected chi connectivity index (χ0v) is 20.7. The maximum absolute atomic E-state index is 14.9. The molecule has 0 amide bonds. The molecule has 9 nitrogen and oxygen atoms in total. The van der Waals surface area contributed by atoms with Crippen molar-refractivity contribution in [2.24, 2.45) is 0 Å². The number of aliphatic hydroxyl groups is 1. The molecule has 12 heteroatoms. The van der Waals surface area contributed by atoms with E-state index < -0.39 is 39.7 Å². The number of rotatable bonds is 8. The second kappa shape index (κ2) is 9.87. The molecule has 0 spiro atoms. The number of ether oxygens (including phenoxy) is 1. The van der Waals surface area contributed by atoms with E-state index in [1.807, 2.05) is 0 Å². The second-order valence-corrected chi connectivity index (χ2v) is 10.00. The number of nitrogens with one attached hydrogen (secondary N) is 2. The van der Waals surface area contributed by atoms with Gasteiger partial charge in [0.15, 0.2) is 0 Å². The van der Waals surface area contributed by atoms with Crippen LogP contribution in [-0.4, -0.2) is 30.8 Å². The van der Waals surface area contributed by atoms with Gasteiger partial charge in [-0.1, -0.05) is 24.6 Å². The first kappa shape index (κ1) is 25.9. The summed E-state index contributed by atoms with van der Waals surface area (Å²) in [5.74, 6) is -2.70.